The summed E-state index contributed by atoms with van der Waals surface area (Å²) in [5, 5.41) is 10.4. The average Bonchev–Trinajstić information content (AvgIpc) is 2.84. The van der Waals surface area contributed by atoms with Crippen LogP contribution in [-0.4, -0.2) is 17.0 Å². The molecule has 0 saturated heterocycles. The summed E-state index contributed by atoms with van der Waals surface area (Å²) in [6, 6.07) is 0. The number of hydrogen-bond acceptors (Lipinski definition) is 2. The molecular weight excluding hydrogens is 272 g/mol. The number of fused-ring (bicyclic) bond motifs is 5. The van der Waals surface area contributed by atoms with Crippen LogP contribution in [0, 0.1) is 41.9 Å². The fraction of sp³-hybridized carbons (Fsp3) is 0.750. The molecule has 4 rings (SSSR count). The number of hydrogen-bond donors (Lipinski definition) is 1. The van der Waals surface area contributed by atoms with Crippen molar-refractivity contribution in [2.75, 3.05) is 0 Å². The molecule has 0 spiro atoms. The number of allylic oxidation sites excluding steroid dienone is 1. The molecule has 0 radical (unpaired) electrons. The van der Waals surface area contributed by atoms with Crippen LogP contribution in [0.1, 0.15) is 58.3 Å². The smallest absolute Gasteiger partial charge is 0.155 e. The van der Waals surface area contributed by atoms with Crippen molar-refractivity contribution in [3.63, 3.8) is 0 Å². The molecule has 2 heteroatoms. The Hall–Kier alpha value is -1.07. The zero-order chi connectivity index (χ0) is 15.9. The lowest BCUT2D eigenvalue weighted by Gasteiger charge is -2.53. The lowest BCUT2D eigenvalue weighted by Crippen LogP contribution is -2.47. The van der Waals surface area contributed by atoms with Gasteiger partial charge in [0.25, 0.3) is 0 Å². The Morgan fingerprint density at radius 2 is 1.86 bits per heavy atom. The Morgan fingerprint density at radius 1 is 1.09 bits per heavy atom. The van der Waals surface area contributed by atoms with Gasteiger partial charge in [-0.15, -0.1) is 12.8 Å². The van der Waals surface area contributed by atoms with Crippen LogP contribution >= 0.6 is 0 Å². The molecule has 0 bridgehead atoms. The second-order valence-electron chi connectivity index (χ2n) is 7.94. The lowest BCUT2D eigenvalue weighted by atomic mass is 9.52. The van der Waals surface area contributed by atoms with Gasteiger partial charge < -0.3 is 5.11 Å². The van der Waals surface area contributed by atoms with Crippen LogP contribution < -0.4 is 0 Å². The molecule has 6 unspecified atom stereocenters. The number of carbonyl (C=O) groups is 1. The van der Waals surface area contributed by atoms with Crippen molar-refractivity contribution >= 4 is 5.78 Å². The van der Waals surface area contributed by atoms with Crippen LogP contribution in [0.5, 0.6) is 0 Å². The maximum Gasteiger partial charge on any atom is 0.155 e. The van der Waals surface area contributed by atoms with Gasteiger partial charge in [-0.1, -0.05) is 12.5 Å². The number of aliphatic hydroxyl groups is 1. The minimum absolute atomic E-state index is 0.0710. The molecule has 3 saturated carbocycles. The number of terminal acetylenes is 1. The molecule has 0 aromatic carbocycles. The van der Waals surface area contributed by atoms with Gasteiger partial charge in [0.15, 0.2) is 5.78 Å². The Labute approximate surface area is 134 Å². The summed E-state index contributed by atoms with van der Waals surface area (Å²) in [6.07, 6.45) is 18.9. The first kappa shape index (κ1) is 15.8. The van der Waals surface area contributed by atoms with E-state index in [1.807, 2.05) is 6.08 Å². The zero-order valence-electron chi connectivity index (χ0n) is 13.6. The third-order valence-electron chi connectivity index (χ3n) is 7.25. The van der Waals surface area contributed by atoms with Crippen LogP contribution in [0.3, 0.4) is 0 Å². The van der Waals surface area contributed by atoms with E-state index in [-0.39, 0.29) is 11.5 Å². The molecule has 0 heterocycles. The number of ketones is 1. The molecule has 22 heavy (non-hydrogen) atoms. The van der Waals surface area contributed by atoms with E-state index in [1.54, 1.807) is 0 Å². The number of carbonyl (C=O) groups excluding carboxylic acids is 1. The largest absolute Gasteiger partial charge is 0.393 e. The highest BCUT2D eigenvalue weighted by atomic mass is 16.3. The minimum Gasteiger partial charge on any atom is -0.393 e. The van der Waals surface area contributed by atoms with Gasteiger partial charge in [0.1, 0.15) is 0 Å². The molecular formula is C20H28O2. The molecule has 0 amide bonds. The van der Waals surface area contributed by atoms with Gasteiger partial charge >= 0.3 is 0 Å². The Bertz CT molecular complexity index is 503. The summed E-state index contributed by atoms with van der Waals surface area (Å²) < 4.78 is 0. The standard InChI is InChI=1S/C18H26O2.C2H2/c1-18-9-8-14-13-5-3-12(19)10-11(13)2-4-15(14)16(18)6-7-17(18)20;1-2/h10,13-17,20H,2-9H2,1H3;1-2H. The van der Waals surface area contributed by atoms with E-state index < -0.39 is 0 Å². The second-order valence-corrected chi connectivity index (χ2v) is 7.94. The molecule has 0 aliphatic heterocycles. The Morgan fingerprint density at radius 3 is 2.64 bits per heavy atom. The summed E-state index contributed by atoms with van der Waals surface area (Å²) in [5.74, 6) is 3.38. The first-order chi connectivity index (χ1) is 10.6. The van der Waals surface area contributed by atoms with Gasteiger partial charge in [-0.3, -0.25) is 4.79 Å². The second kappa shape index (κ2) is 5.85. The fourth-order valence-corrected chi connectivity index (χ4v) is 6.15. The molecule has 2 nitrogen and oxygen atoms in total. The highest BCUT2D eigenvalue weighted by molar-refractivity contribution is 5.91. The Balaban J connectivity index is 0.000000693. The van der Waals surface area contributed by atoms with E-state index >= 15 is 0 Å². The number of aliphatic hydroxyl groups excluding tert-OH is 1. The highest BCUT2D eigenvalue weighted by Crippen LogP contribution is 2.61. The van der Waals surface area contributed by atoms with Gasteiger partial charge in [0.2, 0.25) is 0 Å². The molecule has 4 aliphatic rings. The van der Waals surface area contributed by atoms with Crippen LogP contribution in [0.4, 0.5) is 0 Å². The predicted octanol–water partition coefficient (Wildman–Crippen LogP) is 3.74. The quantitative estimate of drug-likeness (QED) is 0.692. The molecule has 3 fully saturated rings. The third-order valence-corrected chi connectivity index (χ3v) is 7.25. The third kappa shape index (κ3) is 2.26. The van der Waals surface area contributed by atoms with Gasteiger partial charge in [0.05, 0.1) is 6.10 Å². The first-order valence-corrected chi connectivity index (χ1v) is 8.84. The molecule has 6 atom stereocenters. The summed E-state index contributed by atoms with van der Waals surface area (Å²) >= 11 is 0. The van der Waals surface area contributed by atoms with Crippen molar-refractivity contribution in [1.82, 2.24) is 0 Å². The minimum atomic E-state index is -0.0710. The topological polar surface area (TPSA) is 37.3 Å². The van der Waals surface area contributed by atoms with Gasteiger partial charge in [-0.2, -0.15) is 0 Å². The summed E-state index contributed by atoms with van der Waals surface area (Å²) in [6.45, 7) is 2.33. The van der Waals surface area contributed by atoms with Crippen molar-refractivity contribution in [3.05, 3.63) is 11.6 Å². The lowest BCUT2D eigenvalue weighted by molar-refractivity contribution is -0.116. The van der Waals surface area contributed by atoms with Crippen molar-refractivity contribution in [3.8, 4) is 12.8 Å². The summed E-state index contributed by atoms with van der Waals surface area (Å²) in [4.78, 5) is 11.6. The Kier molecular flexibility index (Phi) is 4.21. The van der Waals surface area contributed by atoms with E-state index in [2.05, 4.69) is 19.8 Å². The monoisotopic (exact) mass is 300 g/mol. The van der Waals surface area contributed by atoms with Gasteiger partial charge in [0, 0.05) is 6.42 Å². The van der Waals surface area contributed by atoms with Gasteiger partial charge in [-0.25, -0.2) is 0 Å². The van der Waals surface area contributed by atoms with Crippen LogP contribution in [0.25, 0.3) is 0 Å². The van der Waals surface area contributed by atoms with Crippen molar-refractivity contribution < 1.29 is 9.90 Å². The van der Waals surface area contributed by atoms with Crippen molar-refractivity contribution in [1.29, 1.82) is 0 Å². The molecule has 1 N–H and O–H groups in total. The number of rotatable bonds is 0. The molecule has 4 aliphatic carbocycles. The average molecular weight is 300 g/mol. The normalized spacial score (nSPS) is 46.5. The van der Waals surface area contributed by atoms with E-state index in [0.717, 1.165) is 43.4 Å². The van der Waals surface area contributed by atoms with Crippen LogP contribution in [-0.2, 0) is 4.79 Å². The maximum atomic E-state index is 11.6. The molecule has 0 aromatic heterocycles. The summed E-state index contributed by atoms with van der Waals surface area (Å²) in [7, 11) is 0. The van der Waals surface area contributed by atoms with Crippen molar-refractivity contribution in [2.24, 2.45) is 29.1 Å². The highest BCUT2D eigenvalue weighted by Gasteiger charge is 2.55. The zero-order valence-corrected chi connectivity index (χ0v) is 13.6. The predicted molar refractivity (Wildman–Crippen MR) is 88.0 cm³/mol. The summed E-state index contributed by atoms with van der Waals surface area (Å²) in [5.41, 5.74) is 1.65. The van der Waals surface area contributed by atoms with Crippen molar-refractivity contribution in [2.45, 2.75) is 64.4 Å². The van der Waals surface area contributed by atoms with E-state index in [4.69, 9.17) is 0 Å². The SMILES string of the molecule is C#C.CC12CCC3C4CCC(=O)C=C4CCC3C1CCC2O. The van der Waals surface area contributed by atoms with Crippen LogP contribution in [0.15, 0.2) is 11.6 Å². The molecule has 120 valence electrons. The first-order valence-electron chi connectivity index (χ1n) is 8.84. The van der Waals surface area contributed by atoms with Crippen LogP contribution in [0.2, 0.25) is 0 Å². The van der Waals surface area contributed by atoms with E-state index in [1.165, 1.54) is 31.3 Å². The van der Waals surface area contributed by atoms with Gasteiger partial charge in [-0.05, 0) is 80.1 Å². The molecule has 0 aromatic rings. The fourth-order valence-electron chi connectivity index (χ4n) is 6.15. The van der Waals surface area contributed by atoms with E-state index in [0.29, 0.717) is 11.7 Å². The maximum absolute atomic E-state index is 11.6. The van der Waals surface area contributed by atoms with E-state index in [9.17, 15) is 9.90 Å².